The van der Waals surface area contributed by atoms with Crippen LogP contribution in [0.4, 0.5) is 4.39 Å². The number of sulfonamides is 1. The molecule has 3 rings (SSSR count). The zero-order valence-corrected chi connectivity index (χ0v) is 18.5. The number of ether oxygens (including phenoxy) is 1. The largest absolute Gasteiger partial charge is 0.494 e. The molecule has 0 unspecified atom stereocenters. The summed E-state index contributed by atoms with van der Waals surface area (Å²) in [4.78, 5) is 14.4. The number of fused-ring (bicyclic) bond motifs is 1. The molecule has 8 heteroatoms. The van der Waals surface area contributed by atoms with Crippen LogP contribution in [0.2, 0.25) is 0 Å². The number of nitrogens with zero attached hydrogens (tertiary/aromatic N) is 2. The van der Waals surface area contributed by atoms with Gasteiger partial charge in [0.25, 0.3) is 0 Å². The van der Waals surface area contributed by atoms with E-state index in [1.165, 1.54) is 37.3 Å². The predicted molar refractivity (Wildman–Crippen MR) is 118 cm³/mol. The molecule has 0 aromatic heterocycles. The van der Waals surface area contributed by atoms with Crippen molar-refractivity contribution in [3.63, 3.8) is 0 Å². The van der Waals surface area contributed by atoms with Crippen LogP contribution in [0.15, 0.2) is 65.6 Å². The van der Waals surface area contributed by atoms with Gasteiger partial charge in [-0.2, -0.15) is 4.31 Å². The topological polar surface area (TPSA) is 66.9 Å². The minimum absolute atomic E-state index is 0.124. The first kappa shape index (κ1) is 22.7. The lowest BCUT2D eigenvalue weighted by Gasteiger charge is -2.24. The summed E-state index contributed by atoms with van der Waals surface area (Å²) >= 11 is 0. The van der Waals surface area contributed by atoms with Gasteiger partial charge in [0.2, 0.25) is 15.9 Å². The van der Waals surface area contributed by atoms with E-state index in [9.17, 15) is 17.6 Å². The van der Waals surface area contributed by atoms with Crippen LogP contribution in [0, 0.1) is 5.82 Å². The molecule has 3 aromatic rings. The summed E-state index contributed by atoms with van der Waals surface area (Å²) in [6.07, 6.45) is 0. The van der Waals surface area contributed by atoms with Crippen molar-refractivity contribution in [3.05, 3.63) is 72.0 Å². The standard InChI is InChI=1S/C23H25FN2O4S/c1-4-26(15-17-9-12-22(30-3)21(24)13-17)23(27)16-25(2)31(28,29)20-11-10-18-7-5-6-8-19(18)14-20/h5-14H,4,15-16H2,1-3H3. The van der Waals surface area contributed by atoms with E-state index in [-0.39, 0.29) is 29.6 Å². The number of rotatable bonds is 8. The summed E-state index contributed by atoms with van der Waals surface area (Å²) in [6.45, 7) is 1.99. The van der Waals surface area contributed by atoms with Crippen LogP contribution in [-0.2, 0) is 21.4 Å². The average Bonchev–Trinajstić information content (AvgIpc) is 2.77. The van der Waals surface area contributed by atoms with E-state index < -0.39 is 15.8 Å². The molecular weight excluding hydrogens is 419 g/mol. The Hall–Kier alpha value is -2.97. The summed E-state index contributed by atoms with van der Waals surface area (Å²) in [6, 6.07) is 16.8. The smallest absolute Gasteiger partial charge is 0.243 e. The number of methoxy groups -OCH3 is 1. The highest BCUT2D eigenvalue weighted by molar-refractivity contribution is 7.89. The summed E-state index contributed by atoms with van der Waals surface area (Å²) in [5.41, 5.74) is 0.591. The molecule has 0 radical (unpaired) electrons. The Morgan fingerprint density at radius 2 is 1.74 bits per heavy atom. The molecule has 0 aliphatic heterocycles. The highest BCUT2D eigenvalue weighted by atomic mass is 32.2. The number of benzene rings is 3. The Morgan fingerprint density at radius 1 is 1.03 bits per heavy atom. The van der Waals surface area contributed by atoms with Gasteiger partial charge in [0.15, 0.2) is 11.6 Å². The highest BCUT2D eigenvalue weighted by Gasteiger charge is 2.25. The van der Waals surface area contributed by atoms with Gasteiger partial charge >= 0.3 is 0 Å². The SMILES string of the molecule is CCN(Cc1ccc(OC)c(F)c1)C(=O)CN(C)S(=O)(=O)c1ccc2ccccc2c1. The van der Waals surface area contributed by atoms with Gasteiger partial charge in [-0.3, -0.25) is 4.79 Å². The second kappa shape index (κ2) is 9.45. The fraction of sp³-hybridized carbons (Fsp3) is 0.261. The van der Waals surface area contributed by atoms with E-state index in [1.54, 1.807) is 25.1 Å². The van der Waals surface area contributed by atoms with Gasteiger partial charge < -0.3 is 9.64 Å². The van der Waals surface area contributed by atoms with Crippen molar-refractivity contribution in [2.45, 2.75) is 18.4 Å². The van der Waals surface area contributed by atoms with Crippen LogP contribution >= 0.6 is 0 Å². The zero-order chi connectivity index (χ0) is 22.6. The van der Waals surface area contributed by atoms with Crippen molar-refractivity contribution in [3.8, 4) is 5.75 Å². The summed E-state index contributed by atoms with van der Waals surface area (Å²) in [5, 5.41) is 1.74. The van der Waals surface area contributed by atoms with Crippen molar-refractivity contribution in [1.29, 1.82) is 0 Å². The Balaban J connectivity index is 1.74. The zero-order valence-electron chi connectivity index (χ0n) is 17.7. The molecule has 0 aliphatic rings. The lowest BCUT2D eigenvalue weighted by atomic mass is 10.1. The molecule has 0 N–H and O–H groups in total. The third kappa shape index (κ3) is 5.03. The number of carbonyl (C=O) groups is 1. The number of likely N-dealkylation sites (N-methyl/N-ethyl adjacent to an activating group) is 2. The van der Waals surface area contributed by atoms with E-state index in [1.807, 2.05) is 24.3 Å². The van der Waals surface area contributed by atoms with Gasteiger partial charge in [-0.1, -0.05) is 36.4 Å². The number of amides is 1. The number of halogens is 1. The van der Waals surface area contributed by atoms with Gasteiger partial charge in [-0.05, 0) is 47.5 Å². The normalized spacial score (nSPS) is 11.6. The fourth-order valence-corrected chi connectivity index (χ4v) is 4.44. The Bertz CT molecular complexity index is 1200. The van der Waals surface area contributed by atoms with Gasteiger partial charge in [0, 0.05) is 20.1 Å². The minimum Gasteiger partial charge on any atom is -0.494 e. The Kier molecular flexibility index (Phi) is 6.92. The first-order valence-corrected chi connectivity index (χ1v) is 11.3. The Labute approximate surface area is 181 Å². The van der Waals surface area contributed by atoms with Crippen molar-refractivity contribution >= 4 is 26.7 Å². The van der Waals surface area contributed by atoms with Crippen molar-refractivity contribution in [1.82, 2.24) is 9.21 Å². The minimum atomic E-state index is -3.85. The van der Waals surface area contributed by atoms with E-state index in [0.717, 1.165) is 15.1 Å². The van der Waals surface area contributed by atoms with E-state index in [4.69, 9.17) is 4.74 Å². The summed E-state index contributed by atoms with van der Waals surface area (Å²) in [7, 11) is -1.09. The van der Waals surface area contributed by atoms with Crippen molar-refractivity contribution in [2.75, 3.05) is 27.2 Å². The lowest BCUT2D eigenvalue weighted by molar-refractivity contribution is -0.131. The van der Waals surface area contributed by atoms with E-state index in [0.29, 0.717) is 12.1 Å². The van der Waals surface area contributed by atoms with E-state index in [2.05, 4.69) is 0 Å². The van der Waals surface area contributed by atoms with Crippen molar-refractivity contribution in [2.24, 2.45) is 0 Å². The molecule has 0 spiro atoms. The molecule has 0 fully saturated rings. The molecule has 3 aromatic carbocycles. The van der Waals surface area contributed by atoms with Crippen LogP contribution in [0.3, 0.4) is 0 Å². The van der Waals surface area contributed by atoms with Gasteiger partial charge in [0.05, 0.1) is 18.6 Å². The number of hydrogen-bond donors (Lipinski definition) is 0. The molecular formula is C23H25FN2O4S. The van der Waals surface area contributed by atoms with Crippen LogP contribution in [0.1, 0.15) is 12.5 Å². The quantitative estimate of drug-likeness (QED) is 0.532. The third-order valence-electron chi connectivity index (χ3n) is 5.11. The monoisotopic (exact) mass is 444 g/mol. The van der Waals surface area contributed by atoms with Crippen LogP contribution in [0.5, 0.6) is 5.75 Å². The maximum absolute atomic E-state index is 14.0. The molecule has 0 saturated heterocycles. The third-order valence-corrected chi connectivity index (χ3v) is 6.91. The van der Waals surface area contributed by atoms with Crippen LogP contribution < -0.4 is 4.74 Å². The highest BCUT2D eigenvalue weighted by Crippen LogP contribution is 2.22. The van der Waals surface area contributed by atoms with E-state index >= 15 is 0 Å². The lowest BCUT2D eigenvalue weighted by Crippen LogP contribution is -2.40. The van der Waals surface area contributed by atoms with Crippen molar-refractivity contribution < 1.29 is 22.3 Å². The predicted octanol–water partition coefficient (Wildman–Crippen LogP) is 3.66. The number of hydrogen-bond acceptors (Lipinski definition) is 4. The molecule has 6 nitrogen and oxygen atoms in total. The molecule has 1 amide bonds. The summed E-state index contributed by atoms with van der Waals surface area (Å²) in [5.74, 6) is -0.760. The van der Waals surface area contributed by atoms with Gasteiger partial charge in [-0.15, -0.1) is 0 Å². The molecule has 0 bridgehead atoms. The molecule has 31 heavy (non-hydrogen) atoms. The number of carbonyl (C=O) groups excluding carboxylic acids is 1. The molecule has 0 atom stereocenters. The summed E-state index contributed by atoms with van der Waals surface area (Å²) < 4.78 is 45.9. The molecule has 164 valence electrons. The fourth-order valence-electron chi connectivity index (χ4n) is 3.29. The maximum Gasteiger partial charge on any atom is 0.243 e. The van der Waals surface area contributed by atoms with Crippen LogP contribution in [-0.4, -0.2) is 50.8 Å². The van der Waals surface area contributed by atoms with Crippen LogP contribution in [0.25, 0.3) is 10.8 Å². The molecule has 0 saturated carbocycles. The first-order chi connectivity index (χ1) is 14.8. The van der Waals surface area contributed by atoms with Gasteiger partial charge in [0.1, 0.15) is 0 Å². The average molecular weight is 445 g/mol. The second-order valence-corrected chi connectivity index (χ2v) is 9.19. The molecule has 0 aliphatic carbocycles. The second-order valence-electron chi connectivity index (χ2n) is 7.15. The molecule has 0 heterocycles. The Morgan fingerprint density at radius 3 is 2.39 bits per heavy atom. The first-order valence-electron chi connectivity index (χ1n) is 9.81. The van der Waals surface area contributed by atoms with Gasteiger partial charge in [-0.25, -0.2) is 12.8 Å². The maximum atomic E-state index is 14.0.